The zero-order chi connectivity index (χ0) is 100.0. The number of nitrogens with two attached hydrogens (primary N) is 6. The average molecular weight is 1890 g/mol. The highest BCUT2D eigenvalue weighted by atomic mass is 16.4. The first-order valence-electron chi connectivity index (χ1n) is 44.6. The van der Waals surface area contributed by atoms with Crippen molar-refractivity contribution >= 4 is 117 Å². The molecule has 4 aromatic carbocycles. The number of primary amides is 1. The van der Waals surface area contributed by atoms with Crippen LogP contribution >= 0.6 is 0 Å². The molecule has 37 N–H and O–H groups in total. The summed E-state index contributed by atoms with van der Waals surface area (Å²) in [7, 11) is 0. The van der Waals surface area contributed by atoms with Gasteiger partial charge in [0.1, 0.15) is 95.8 Å². The van der Waals surface area contributed by atoms with Gasteiger partial charge in [-0.1, -0.05) is 82.3 Å². The molecule has 5 rings (SSSR count). The SMILES string of the molecule is CC(=O)N[C@@H](CC(C)C)C(=O)N[C@@H](Cc1ccc(O)cc1)C(=O)N[C@@H](Cc1c[nH]c2ccccc12)C(=O)N[C@@H](CO)C(=O)N[C@@H](Cc1ccc(O)cc1)C(=O)N[C@@H](CC(C)C)C(=O)N[C@@H](Cc1ccc(O)cc1)C(=O)N[C@@H](CC(N)=O)C(=O)N[C@@H](CCCCN)C(=O)N[C@@H](CCCNC(=N)N)C(=O)N[C@@H](CCCNC(=N)N)C(=O)N[C@@H](CCCCN)C(=O)N[C@@H](CCCNC(=N)N)C(=O)O. The van der Waals surface area contributed by atoms with E-state index < -0.39 is 211 Å². The Bertz CT molecular complexity index is 4810. The number of carbonyl (C=O) groups excluding carboxylic acids is 14. The number of aliphatic hydroxyl groups excluding tert-OH is 1. The van der Waals surface area contributed by atoms with Crippen LogP contribution in [0.15, 0.2) is 103 Å². The average Bonchev–Trinajstić information content (AvgIpc) is 1.70. The number of hydrogen-bond donors (Lipinski definition) is 31. The smallest absolute Gasteiger partial charge is 0.326 e. The molecule has 46 nitrogen and oxygen atoms in total. The lowest BCUT2D eigenvalue weighted by molar-refractivity contribution is -0.142. The van der Waals surface area contributed by atoms with Crippen molar-refractivity contribution in [3.63, 3.8) is 0 Å². The van der Waals surface area contributed by atoms with Gasteiger partial charge in [-0.15, -0.1) is 0 Å². The fraction of sp³-hybridized carbons (Fsp3) is 0.506. The van der Waals surface area contributed by atoms with E-state index in [1.165, 1.54) is 79.7 Å². The lowest BCUT2D eigenvalue weighted by atomic mass is 9.99. The molecule has 13 atom stereocenters. The molecule has 135 heavy (non-hydrogen) atoms. The molecule has 14 amide bonds. The maximum atomic E-state index is 15.1. The first-order valence-corrected chi connectivity index (χ1v) is 44.6. The van der Waals surface area contributed by atoms with E-state index in [1.807, 2.05) is 13.8 Å². The van der Waals surface area contributed by atoms with Gasteiger partial charge in [-0.3, -0.25) is 83.4 Å². The number of aromatic amines is 1. The van der Waals surface area contributed by atoms with E-state index >= 15 is 14.4 Å². The number of benzene rings is 4. The number of aromatic hydroxyl groups is 3. The number of carboxylic acid groups (broad SMARTS) is 1. The number of rotatable bonds is 61. The molecule has 740 valence electrons. The van der Waals surface area contributed by atoms with E-state index in [-0.39, 0.29) is 164 Å². The zero-order valence-corrected chi connectivity index (χ0v) is 76.5. The second-order valence-corrected chi connectivity index (χ2v) is 33.6. The van der Waals surface area contributed by atoms with E-state index in [4.69, 9.17) is 50.6 Å². The molecule has 0 aliphatic rings. The van der Waals surface area contributed by atoms with Crippen LogP contribution in [-0.4, -0.2) is 255 Å². The number of carbonyl (C=O) groups is 15. The molecule has 0 bridgehead atoms. The van der Waals surface area contributed by atoms with Crippen LogP contribution < -0.4 is 119 Å². The van der Waals surface area contributed by atoms with Gasteiger partial charge in [0.25, 0.3) is 0 Å². The number of phenolic OH excluding ortho intramolecular Hbond substituents is 3. The van der Waals surface area contributed by atoms with Crippen LogP contribution in [0.25, 0.3) is 10.9 Å². The van der Waals surface area contributed by atoms with E-state index in [2.05, 4.69) is 90.1 Å². The summed E-state index contributed by atoms with van der Waals surface area (Å²) in [4.78, 5) is 218. The number of phenols is 3. The first kappa shape index (κ1) is 111. The van der Waals surface area contributed by atoms with Crippen molar-refractivity contribution in [2.45, 2.75) is 235 Å². The summed E-state index contributed by atoms with van der Waals surface area (Å²) in [6.45, 7) is 7.42. The van der Waals surface area contributed by atoms with Gasteiger partial charge < -0.3 is 150 Å². The molecule has 0 aliphatic carbocycles. The molecule has 0 unspecified atom stereocenters. The topological polar surface area (TPSA) is 793 Å². The summed E-state index contributed by atoms with van der Waals surface area (Å²) in [6, 6.07) is 2.72. The first-order chi connectivity index (χ1) is 64.1. The van der Waals surface area contributed by atoms with Crippen molar-refractivity contribution in [1.82, 2.24) is 90.1 Å². The Hall–Kier alpha value is -14.4. The van der Waals surface area contributed by atoms with E-state index in [9.17, 15) is 83.1 Å². The minimum absolute atomic E-state index is 0.000521. The number of carboxylic acids is 1. The van der Waals surface area contributed by atoms with Crippen molar-refractivity contribution in [3.05, 3.63) is 126 Å². The number of amides is 14. The number of fused-ring (bicyclic) bond motifs is 1. The highest BCUT2D eigenvalue weighted by Gasteiger charge is 2.39. The van der Waals surface area contributed by atoms with Crippen LogP contribution in [0.1, 0.15) is 153 Å². The van der Waals surface area contributed by atoms with Crippen molar-refractivity contribution in [2.24, 2.45) is 46.2 Å². The van der Waals surface area contributed by atoms with Gasteiger partial charge in [0.2, 0.25) is 82.7 Å². The number of aliphatic carboxylic acids is 1. The van der Waals surface area contributed by atoms with Crippen LogP contribution in [0.3, 0.4) is 0 Å². The van der Waals surface area contributed by atoms with Gasteiger partial charge in [-0.2, -0.15) is 0 Å². The van der Waals surface area contributed by atoms with Crippen molar-refractivity contribution in [1.29, 1.82) is 16.2 Å². The van der Waals surface area contributed by atoms with E-state index in [0.29, 0.717) is 34.0 Å². The Morgan fingerprint density at radius 1 is 0.348 bits per heavy atom. The van der Waals surface area contributed by atoms with Gasteiger partial charge in [0.05, 0.1) is 13.0 Å². The summed E-state index contributed by atoms with van der Waals surface area (Å²) < 4.78 is 0. The third-order valence-electron chi connectivity index (χ3n) is 21.3. The molecule has 0 radical (unpaired) electrons. The van der Waals surface area contributed by atoms with Crippen LogP contribution in [0.5, 0.6) is 17.2 Å². The van der Waals surface area contributed by atoms with E-state index in [1.54, 1.807) is 44.3 Å². The molecule has 0 fully saturated rings. The minimum Gasteiger partial charge on any atom is -0.508 e. The Labute approximate surface area is 781 Å². The number of para-hydroxylation sites is 1. The second-order valence-electron chi connectivity index (χ2n) is 33.6. The van der Waals surface area contributed by atoms with Crippen molar-refractivity contribution in [3.8, 4) is 17.2 Å². The number of unbranched alkanes of at least 4 members (excludes halogenated alkanes) is 2. The predicted octanol–water partition coefficient (Wildman–Crippen LogP) is -4.03. The van der Waals surface area contributed by atoms with Crippen LogP contribution in [-0.2, 0) is 97.6 Å². The maximum Gasteiger partial charge on any atom is 0.326 e. The standard InChI is InChI=1S/C89H134N26O20/c1-48(2)39-65(103-50(5)117)78(126)110-67(41-51-22-28-55(118)29-23-51)81(129)113-70(44-54-46-102-59-16-7-6-15-58(54)59)83(131)115-72(47-116)85(133)112-69(43-53-26-32-57(120)33-27-53)80(128)109-66(40-49(3)4)79(127)111-68(42-52-24-30-56(119)31-25-52)82(130)114-71(45-73(92)121)84(132)107-60(17-8-10-34-90)74(122)105-63(20-13-37-100-88(95)96)76(124)106-62(19-12-36-99-87(93)94)75(123)104-61(18-9-11-35-91)77(125)108-64(86(134)135)21-14-38-101-89(97)98/h6-7,15-16,22-33,46,48-49,60-72,102,116,118-120H,8-14,17-21,34-45,47,90-91H2,1-5H3,(H2,92,121)(H,103,117)(H,104,123)(H,105,122)(H,106,124)(H,107,132)(H,108,125)(H,109,128)(H,110,126)(H,111,127)(H,112,133)(H,113,129)(H,114,130)(H,115,131)(H,134,135)(H4,93,94,99)(H4,95,96,100)(H4,97,98,101)/t60-,61-,62-,63-,64-,65-,66-,67-,68-,69-,70-,71-,72-/m0/s1. The van der Waals surface area contributed by atoms with Gasteiger partial charge in [-0.25, -0.2) is 4.79 Å². The molecule has 1 aromatic heterocycles. The number of nitrogens with one attached hydrogen (secondary N) is 20. The molecule has 0 saturated heterocycles. The third kappa shape index (κ3) is 41.1. The quantitative estimate of drug-likeness (QED) is 0.0100. The molecule has 0 spiro atoms. The number of aliphatic hydroxyl groups is 1. The van der Waals surface area contributed by atoms with Crippen LogP contribution in [0, 0.1) is 28.1 Å². The second kappa shape index (κ2) is 57.8. The van der Waals surface area contributed by atoms with Crippen LogP contribution in [0.4, 0.5) is 0 Å². The van der Waals surface area contributed by atoms with Gasteiger partial charge >= 0.3 is 5.97 Å². The summed E-state index contributed by atoms with van der Waals surface area (Å²) >= 11 is 0. The maximum absolute atomic E-state index is 15.1. The largest absolute Gasteiger partial charge is 0.508 e. The summed E-state index contributed by atoms with van der Waals surface area (Å²) in [5.41, 5.74) is 36.1. The summed E-state index contributed by atoms with van der Waals surface area (Å²) in [5, 5.41) is 117. The molecule has 0 aliphatic heterocycles. The Morgan fingerprint density at radius 2 is 0.630 bits per heavy atom. The minimum atomic E-state index is -1.97. The van der Waals surface area contributed by atoms with Crippen molar-refractivity contribution < 1.29 is 97.5 Å². The summed E-state index contributed by atoms with van der Waals surface area (Å²) in [5.74, 6) is -17.7. The third-order valence-corrected chi connectivity index (χ3v) is 21.3. The number of aromatic nitrogens is 1. The van der Waals surface area contributed by atoms with Gasteiger partial charge in [0.15, 0.2) is 17.9 Å². The molecular formula is C89H134N26O20. The highest BCUT2D eigenvalue weighted by molar-refractivity contribution is 6.01. The molecule has 5 aromatic rings. The van der Waals surface area contributed by atoms with Crippen LogP contribution in [0.2, 0.25) is 0 Å². The number of hydrogen-bond acceptors (Lipinski definition) is 24. The highest BCUT2D eigenvalue weighted by Crippen LogP contribution is 2.23. The monoisotopic (exact) mass is 1890 g/mol. The molecule has 1 heterocycles. The van der Waals surface area contributed by atoms with E-state index in [0.717, 1.165) is 0 Å². The fourth-order valence-corrected chi connectivity index (χ4v) is 14.4. The lowest BCUT2D eigenvalue weighted by Gasteiger charge is -2.29. The van der Waals surface area contributed by atoms with Crippen molar-refractivity contribution in [2.75, 3.05) is 39.3 Å². The number of guanidine groups is 3. The Morgan fingerprint density at radius 3 is 0.963 bits per heavy atom. The van der Waals surface area contributed by atoms with Gasteiger partial charge in [-0.05, 0) is 180 Å². The number of H-pyrrole nitrogens is 1. The van der Waals surface area contributed by atoms with Gasteiger partial charge in [0, 0.05) is 69.3 Å². The molecular weight excluding hydrogens is 1750 g/mol. The summed E-state index contributed by atoms with van der Waals surface area (Å²) in [6.07, 6.45) is -0.362. The molecule has 0 saturated carbocycles. The molecule has 46 heteroatoms. The fourth-order valence-electron chi connectivity index (χ4n) is 14.4. The Kier molecular flexibility index (Phi) is 47.5. The normalized spacial score (nSPS) is 14.0. The lowest BCUT2D eigenvalue weighted by Crippen LogP contribution is -2.62. The zero-order valence-electron chi connectivity index (χ0n) is 76.5. The Balaban J connectivity index is 1.48. The predicted molar refractivity (Wildman–Crippen MR) is 499 cm³/mol.